The van der Waals surface area contributed by atoms with Crippen LogP contribution in [0.25, 0.3) is 0 Å². The van der Waals surface area contributed by atoms with Crippen LogP contribution in [0.2, 0.25) is 0 Å². The van der Waals surface area contributed by atoms with Crippen LogP contribution in [0.5, 0.6) is 0 Å². The summed E-state index contributed by atoms with van der Waals surface area (Å²) in [6, 6.07) is 20.2. The maximum Gasteiger partial charge on any atom is 0.228 e. The maximum absolute atomic E-state index is 12.3. The number of rotatable bonds is 7. The Bertz CT molecular complexity index is 565. The van der Waals surface area contributed by atoms with Crippen LogP contribution in [0.1, 0.15) is 37.3 Å². The molecule has 0 fully saturated rings. The number of hydrogen-bond acceptors (Lipinski definition) is 1. The third-order valence-electron chi connectivity index (χ3n) is 4.16. The van der Waals surface area contributed by atoms with E-state index in [1.807, 2.05) is 48.5 Å². The number of nitrogens with two attached hydrogens (primary N) is 1. The molecule has 0 aliphatic heterocycles. The summed E-state index contributed by atoms with van der Waals surface area (Å²) in [5, 5.41) is 0. The minimum absolute atomic E-state index is 0.216. The Labute approximate surface area is 127 Å². The fourth-order valence-electron chi connectivity index (χ4n) is 2.99. The molecule has 0 saturated heterocycles. The van der Waals surface area contributed by atoms with Gasteiger partial charge in [-0.2, -0.15) is 0 Å². The van der Waals surface area contributed by atoms with E-state index in [1.165, 1.54) is 5.56 Å². The van der Waals surface area contributed by atoms with Crippen molar-refractivity contribution in [2.75, 3.05) is 0 Å². The summed E-state index contributed by atoms with van der Waals surface area (Å²) in [6.45, 7) is 2.10. The van der Waals surface area contributed by atoms with Gasteiger partial charge in [0.2, 0.25) is 5.91 Å². The molecule has 0 heterocycles. The Kier molecular flexibility index (Phi) is 5.15. The largest absolute Gasteiger partial charge is 0.369 e. The quantitative estimate of drug-likeness (QED) is 0.823. The average Bonchev–Trinajstić information content (AvgIpc) is 2.53. The molecule has 1 atom stereocenters. The smallest absolute Gasteiger partial charge is 0.228 e. The van der Waals surface area contributed by atoms with Crippen LogP contribution in [0.3, 0.4) is 0 Å². The second-order valence-electron chi connectivity index (χ2n) is 5.55. The van der Waals surface area contributed by atoms with Crippen molar-refractivity contribution in [1.82, 2.24) is 0 Å². The lowest BCUT2D eigenvalue weighted by Crippen LogP contribution is -2.41. The van der Waals surface area contributed by atoms with Crippen molar-refractivity contribution in [3.05, 3.63) is 71.8 Å². The second-order valence-corrected chi connectivity index (χ2v) is 5.55. The predicted octanol–water partition coefficient (Wildman–Crippen LogP) is 3.84. The van der Waals surface area contributed by atoms with Crippen molar-refractivity contribution in [3.63, 3.8) is 0 Å². The minimum atomic E-state index is -0.564. The molecule has 0 radical (unpaired) electrons. The Morgan fingerprint density at radius 3 is 2.05 bits per heavy atom. The summed E-state index contributed by atoms with van der Waals surface area (Å²) in [7, 11) is 0. The van der Waals surface area contributed by atoms with Gasteiger partial charge in [0.05, 0.1) is 5.41 Å². The first-order chi connectivity index (χ1) is 10.2. The molecule has 2 rings (SSSR count). The second kappa shape index (κ2) is 7.07. The molecule has 0 aliphatic rings. The van der Waals surface area contributed by atoms with Gasteiger partial charge in [0.1, 0.15) is 0 Å². The summed E-state index contributed by atoms with van der Waals surface area (Å²) in [5.41, 5.74) is 7.53. The molecule has 1 amide bonds. The minimum Gasteiger partial charge on any atom is -0.369 e. The highest BCUT2D eigenvalue weighted by molar-refractivity contribution is 5.86. The summed E-state index contributed by atoms with van der Waals surface area (Å²) >= 11 is 0. The van der Waals surface area contributed by atoms with Gasteiger partial charge in [-0.1, -0.05) is 74.0 Å². The van der Waals surface area contributed by atoms with Gasteiger partial charge < -0.3 is 5.73 Å². The summed E-state index contributed by atoms with van der Waals surface area (Å²) < 4.78 is 0. The molecule has 0 aromatic heterocycles. The normalized spacial score (nSPS) is 13.6. The number of aryl methyl sites for hydroxylation is 1. The van der Waals surface area contributed by atoms with E-state index < -0.39 is 5.41 Å². The number of carbonyl (C=O) groups excluding carboxylic acids is 1. The SMILES string of the molecule is CCCC(CCc1ccccc1)(C(N)=O)c1ccccc1. The third-order valence-corrected chi connectivity index (χ3v) is 4.16. The molecule has 0 spiro atoms. The fourth-order valence-corrected chi connectivity index (χ4v) is 2.99. The molecule has 2 heteroatoms. The van der Waals surface area contributed by atoms with Gasteiger partial charge in [-0.25, -0.2) is 0 Å². The molecule has 0 saturated carbocycles. The lowest BCUT2D eigenvalue weighted by atomic mass is 9.72. The van der Waals surface area contributed by atoms with E-state index in [2.05, 4.69) is 19.1 Å². The number of amides is 1. The van der Waals surface area contributed by atoms with Crippen molar-refractivity contribution in [2.24, 2.45) is 5.73 Å². The lowest BCUT2D eigenvalue weighted by molar-refractivity contribution is -0.124. The van der Waals surface area contributed by atoms with Crippen molar-refractivity contribution in [2.45, 2.75) is 38.0 Å². The van der Waals surface area contributed by atoms with Gasteiger partial charge in [-0.05, 0) is 30.4 Å². The molecule has 2 nitrogen and oxygen atoms in total. The van der Waals surface area contributed by atoms with E-state index in [-0.39, 0.29) is 5.91 Å². The molecule has 110 valence electrons. The molecule has 21 heavy (non-hydrogen) atoms. The van der Waals surface area contributed by atoms with Crippen LogP contribution in [0.4, 0.5) is 0 Å². The molecule has 0 bridgehead atoms. The van der Waals surface area contributed by atoms with Crippen LogP contribution in [-0.4, -0.2) is 5.91 Å². The molecule has 2 aromatic rings. The predicted molar refractivity (Wildman–Crippen MR) is 87.0 cm³/mol. The zero-order valence-corrected chi connectivity index (χ0v) is 12.6. The summed E-state index contributed by atoms with van der Waals surface area (Å²) in [6.07, 6.45) is 3.34. The zero-order valence-electron chi connectivity index (χ0n) is 12.6. The summed E-state index contributed by atoms with van der Waals surface area (Å²) in [4.78, 5) is 12.3. The first-order valence-electron chi connectivity index (χ1n) is 7.58. The molecular weight excluding hydrogens is 258 g/mol. The topological polar surface area (TPSA) is 43.1 Å². The van der Waals surface area contributed by atoms with Crippen LogP contribution in [-0.2, 0) is 16.6 Å². The number of carbonyl (C=O) groups is 1. The van der Waals surface area contributed by atoms with E-state index in [0.29, 0.717) is 0 Å². The van der Waals surface area contributed by atoms with Crippen molar-refractivity contribution >= 4 is 5.91 Å². The van der Waals surface area contributed by atoms with Gasteiger partial charge in [0.25, 0.3) is 0 Å². The zero-order chi connectivity index (χ0) is 15.1. The first-order valence-corrected chi connectivity index (χ1v) is 7.58. The standard InChI is InChI=1S/C19H23NO/c1-2-14-19(18(20)21,17-11-7-4-8-12-17)15-13-16-9-5-3-6-10-16/h3-12H,2,13-15H2,1H3,(H2,20,21). The molecular formula is C19H23NO. The fraction of sp³-hybridized carbons (Fsp3) is 0.316. The van der Waals surface area contributed by atoms with E-state index in [0.717, 1.165) is 31.2 Å². The van der Waals surface area contributed by atoms with Gasteiger partial charge in [-0.3, -0.25) is 4.79 Å². The highest BCUT2D eigenvalue weighted by atomic mass is 16.1. The van der Waals surface area contributed by atoms with Crippen LogP contribution >= 0.6 is 0 Å². The van der Waals surface area contributed by atoms with E-state index in [9.17, 15) is 4.79 Å². The van der Waals surface area contributed by atoms with Crippen molar-refractivity contribution in [1.29, 1.82) is 0 Å². The maximum atomic E-state index is 12.3. The van der Waals surface area contributed by atoms with Crippen molar-refractivity contribution < 1.29 is 4.79 Å². The highest BCUT2D eigenvalue weighted by Gasteiger charge is 2.36. The molecule has 2 N–H and O–H groups in total. The van der Waals surface area contributed by atoms with Gasteiger partial charge >= 0.3 is 0 Å². The molecule has 0 aliphatic carbocycles. The Morgan fingerprint density at radius 1 is 0.952 bits per heavy atom. The Hall–Kier alpha value is -2.09. The lowest BCUT2D eigenvalue weighted by Gasteiger charge is -2.31. The van der Waals surface area contributed by atoms with Gasteiger partial charge in [0.15, 0.2) is 0 Å². The average molecular weight is 281 g/mol. The number of primary amides is 1. The van der Waals surface area contributed by atoms with Gasteiger partial charge in [-0.15, -0.1) is 0 Å². The van der Waals surface area contributed by atoms with Crippen LogP contribution in [0, 0.1) is 0 Å². The molecule has 2 aromatic carbocycles. The Balaban J connectivity index is 2.29. The van der Waals surface area contributed by atoms with Crippen LogP contribution < -0.4 is 5.73 Å². The van der Waals surface area contributed by atoms with E-state index >= 15 is 0 Å². The third kappa shape index (κ3) is 3.52. The van der Waals surface area contributed by atoms with Crippen molar-refractivity contribution in [3.8, 4) is 0 Å². The first kappa shape index (κ1) is 15.3. The van der Waals surface area contributed by atoms with E-state index in [4.69, 9.17) is 5.73 Å². The number of benzene rings is 2. The van der Waals surface area contributed by atoms with Gasteiger partial charge in [0, 0.05) is 0 Å². The van der Waals surface area contributed by atoms with Crippen LogP contribution in [0.15, 0.2) is 60.7 Å². The molecule has 1 unspecified atom stereocenters. The van der Waals surface area contributed by atoms with E-state index in [1.54, 1.807) is 0 Å². The monoisotopic (exact) mass is 281 g/mol. The summed E-state index contributed by atoms with van der Waals surface area (Å²) in [5.74, 6) is -0.216. The number of hydrogen-bond donors (Lipinski definition) is 1. The Morgan fingerprint density at radius 2 is 1.52 bits per heavy atom. The highest BCUT2D eigenvalue weighted by Crippen LogP contribution is 2.34.